The number of carbonyl (C=O) groups excluding carboxylic acids is 1. The van der Waals surface area contributed by atoms with Crippen LogP contribution in [0.1, 0.15) is 15.9 Å². The van der Waals surface area contributed by atoms with Gasteiger partial charge in [-0.05, 0) is 17.7 Å². The second-order valence-electron chi connectivity index (χ2n) is 6.54. The van der Waals surface area contributed by atoms with Crippen molar-refractivity contribution in [2.45, 2.75) is 18.8 Å². The lowest BCUT2D eigenvalue weighted by Gasteiger charge is -2.38. The Hall–Kier alpha value is -1.91. The summed E-state index contributed by atoms with van der Waals surface area (Å²) in [5, 5.41) is 0. The minimum atomic E-state index is -4.52. The Labute approximate surface area is 153 Å². The first-order valence-corrected chi connectivity index (χ1v) is 8.61. The SMILES string of the molecule is NC(=O)c1c(F)cc(N2CCOCC2C(F)(F)F)cc1CN1CCOCC1. The fourth-order valence-electron chi connectivity index (χ4n) is 3.40. The first-order chi connectivity index (χ1) is 12.8. The van der Waals surface area contributed by atoms with Gasteiger partial charge in [-0.2, -0.15) is 13.2 Å². The third-order valence-corrected chi connectivity index (χ3v) is 4.74. The summed E-state index contributed by atoms with van der Waals surface area (Å²) in [6.45, 7) is 1.89. The number of hydrogen-bond acceptors (Lipinski definition) is 5. The number of nitrogens with zero attached hydrogens (tertiary/aromatic N) is 2. The monoisotopic (exact) mass is 391 g/mol. The molecule has 150 valence electrons. The molecule has 0 spiro atoms. The Morgan fingerprint density at radius 1 is 1.15 bits per heavy atom. The molecule has 1 atom stereocenters. The number of benzene rings is 1. The zero-order chi connectivity index (χ0) is 19.6. The molecule has 6 nitrogen and oxygen atoms in total. The van der Waals surface area contributed by atoms with Gasteiger partial charge in [0.15, 0.2) is 0 Å². The minimum Gasteiger partial charge on any atom is -0.379 e. The van der Waals surface area contributed by atoms with Gasteiger partial charge in [0.2, 0.25) is 0 Å². The van der Waals surface area contributed by atoms with Crippen LogP contribution in [0.5, 0.6) is 0 Å². The van der Waals surface area contributed by atoms with E-state index in [0.29, 0.717) is 26.3 Å². The van der Waals surface area contributed by atoms with E-state index < -0.39 is 30.5 Å². The van der Waals surface area contributed by atoms with Gasteiger partial charge in [0.1, 0.15) is 11.9 Å². The quantitative estimate of drug-likeness (QED) is 0.789. The van der Waals surface area contributed by atoms with Crippen LogP contribution in [0.2, 0.25) is 0 Å². The summed E-state index contributed by atoms with van der Waals surface area (Å²) in [6.07, 6.45) is -4.52. The Morgan fingerprint density at radius 3 is 2.44 bits per heavy atom. The Morgan fingerprint density at radius 2 is 1.81 bits per heavy atom. The lowest BCUT2D eigenvalue weighted by Crippen LogP contribution is -2.53. The molecule has 1 amide bonds. The Kier molecular flexibility index (Phi) is 5.87. The summed E-state index contributed by atoms with van der Waals surface area (Å²) in [6, 6.07) is 0.483. The number of alkyl halides is 3. The molecule has 2 heterocycles. The Balaban J connectivity index is 1.96. The molecule has 2 N–H and O–H groups in total. The lowest BCUT2D eigenvalue weighted by atomic mass is 10.0. The summed E-state index contributed by atoms with van der Waals surface area (Å²) in [4.78, 5) is 14.7. The van der Waals surface area contributed by atoms with Gasteiger partial charge in [0.05, 0.1) is 32.0 Å². The first kappa shape index (κ1) is 19.8. The molecule has 3 rings (SSSR count). The molecule has 2 saturated heterocycles. The average Bonchev–Trinajstić information content (AvgIpc) is 2.61. The standard InChI is InChI=1S/C17H21F4N3O3/c18-13-8-12(24-3-6-27-10-14(24)17(19,20)21)7-11(15(13)16(22)25)9-23-1-4-26-5-2-23/h7-8,14H,1-6,9-10H2,(H2,22,25). The lowest BCUT2D eigenvalue weighted by molar-refractivity contribution is -0.167. The highest BCUT2D eigenvalue weighted by Gasteiger charge is 2.45. The summed E-state index contributed by atoms with van der Waals surface area (Å²) in [5.74, 6) is -1.87. The molecule has 27 heavy (non-hydrogen) atoms. The van der Waals surface area contributed by atoms with E-state index in [4.69, 9.17) is 15.2 Å². The predicted molar refractivity (Wildman–Crippen MR) is 89.0 cm³/mol. The van der Waals surface area contributed by atoms with Crippen LogP contribution in [0.25, 0.3) is 0 Å². The van der Waals surface area contributed by atoms with Crippen molar-refractivity contribution in [1.82, 2.24) is 4.90 Å². The van der Waals surface area contributed by atoms with Crippen LogP contribution in [0.15, 0.2) is 12.1 Å². The van der Waals surface area contributed by atoms with Gasteiger partial charge >= 0.3 is 6.18 Å². The van der Waals surface area contributed by atoms with E-state index in [9.17, 15) is 22.4 Å². The maximum absolute atomic E-state index is 14.6. The van der Waals surface area contributed by atoms with Crippen LogP contribution in [-0.2, 0) is 16.0 Å². The van der Waals surface area contributed by atoms with Gasteiger partial charge in [0, 0.05) is 31.9 Å². The van der Waals surface area contributed by atoms with Crippen molar-refractivity contribution in [3.05, 3.63) is 29.1 Å². The fourth-order valence-corrected chi connectivity index (χ4v) is 3.40. The summed E-state index contributed by atoms with van der Waals surface area (Å²) in [5.41, 5.74) is 5.35. The van der Waals surface area contributed by atoms with Crippen LogP contribution in [0.4, 0.5) is 23.2 Å². The summed E-state index contributed by atoms with van der Waals surface area (Å²) >= 11 is 0. The van der Waals surface area contributed by atoms with Crippen molar-refractivity contribution in [3.8, 4) is 0 Å². The normalized spacial score (nSPS) is 22.1. The van der Waals surface area contributed by atoms with E-state index in [-0.39, 0.29) is 36.5 Å². The number of rotatable bonds is 4. The average molecular weight is 391 g/mol. The number of anilines is 1. The Bertz CT molecular complexity index is 693. The van der Waals surface area contributed by atoms with E-state index in [1.165, 1.54) is 6.07 Å². The first-order valence-electron chi connectivity index (χ1n) is 8.61. The highest BCUT2D eigenvalue weighted by molar-refractivity contribution is 5.95. The zero-order valence-electron chi connectivity index (χ0n) is 14.6. The third kappa shape index (κ3) is 4.50. The predicted octanol–water partition coefficient (Wildman–Crippen LogP) is 1.52. The van der Waals surface area contributed by atoms with Crippen molar-refractivity contribution >= 4 is 11.6 Å². The highest BCUT2D eigenvalue weighted by atomic mass is 19.4. The molecule has 2 aliphatic rings. The fraction of sp³-hybridized carbons (Fsp3) is 0.588. The van der Waals surface area contributed by atoms with Gasteiger partial charge in [-0.15, -0.1) is 0 Å². The molecule has 2 fully saturated rings. The van der Waals surface area contributed by atoms with Gasteiger partial charge in [-0.1, -0.05) is 0 Å². The molecule has 0 saturated carbocycles. The summed E-state index contributed by atoms with van der Waals surface area (Å²) < 4.78 is 64.9. The molecule has 0 aromatic heterocycles. The van der Waals surface area contributed by atoms with Gasteiger partial charge < -0.3 is 20.1 Å². The maximum atomic E-state index is 14.6. The van der Waals surface area contributed by atoms with Crippen molar-refractivity contribution in [2.75, 3.05) is 51.0 Å². The number of ether oxygens (including phenoxy) is 2. The molecular formula is C17H21F4N3O3. The number of halogens is 4. The molecule has 0 aliphatic carbocycles. The van der Waals surface area contributed by atoms with E-state index in [1.54, 1.807) is 0 Å². The number of carbonyl (C=O) groups is 1. The van der Waals surface area contributed by atoms with Crippen LogP contribution in [0.3, 0.4) is 0 Å². The van der Waals surface area contributed by atoms with Crippen molar-refractivity contribution in [1.29, 1.82) is 0 Å². The van der Waals surface area contributed by atoms with Gasteiger partial charge in [0.25, 0.3) is 5.91 Å². The van der Waals surface area contributed by atoms with Crippen LogP contribution in [-0.4, -0.2) is 69.1 Å². The molecular weight excluding hydrogens is 370 g/mol. The molecule has 10 heteroatoms. The smallest absolute Gasteiger partial charge is 0.379 e. The topological polar surface area (TPSA) is 68.0 Å². The van der Waals surface area contributed by atoms with E-state index in [0.717, 1.165) is 11.0 Å². The molecule has 1 aromatic rings. The maximum Gasteiger partial charge on any atom is 0.411 e. The molecule has 2 aliphatic heterocycles. The second kappa shape index (κ2) is 7.99. The highest BCUT2D eigenvalue weighted by Crippen LogP contribution is 2.33. The zero-order valence-corrected chi connectivity index (χ0v) is 14.6. The number of hydrogen-bond donors (Lipinski definition) is 1. The van der Waals surface area contributed by atoms with Crippen molar-refractivity contribution in [3.63, 3.8) is 0 Å². The van der Waals surface area contributed by atoms with Gasteiger partial charge in [-0.25, -0.2) is 4.39 Å². The summed E-state index contributed by atoms with van der Waals surface area (Å²) in [7, 11) is 0. The number of nitrogens with two attached hydrogens (primary N) is 1. The minimum absolute atomic E-state index is 0.0312. The van der Waals surface area contributed by atoms with Crippen molar-refractivity contribution in [2.24, 2.45) is 5.73 Å². The van der Waals surface area contributed by atoms with Crippen molar-refractivity contribution < 1.29 is 31.8 Å². The number of morpholine rings is 2. The molecule has 0 bridgehead atoms. The number of primary amides is 1. The number of amides is 1. The van der Waals surface area contributed by atoms with E-state index in [1.807, 2.05) is 4.90 Å². The largest absolute Gasteiger partial charge is 0.411 e. The van der Waals surface area contributed by atoms with Crippen LogP contribution < -0.4 is 10.6 Å². The van der Waals surface area contributed by atoms with Gasteiger partial charge in [-0.3, -0.25) is 9.69 Å². The third-order valence-electron chi connectivity index (χ3n) is 4.74. The molecule has 1 aromatic carbocycles. The van der Waals surface area contributed by atoms with E-state index in [2.05, 4.69) is 0 Å². The molecule has 0 radical (unpaired) electrons. The van der Waals surface area contributed by atoms with Crippen LogP contribution >= 0.6 is 0 Å². The second-order valence-corrected chi connectivity index (χ2v) is 6.54. The van der Waals surface area contributed by atoms with E-state index >= 15 is 0 Å². The molecule has 1 unspecified atom stereocenters. The van der Waals surface area contributed by atoms with Crippen LogP contribution in [0, 0.1) is 5.82 Å².